The van der Waals surface area contributed by atoms with Gasteiger partial charge in [-0.1, -0.05) is 36.4 Å². The Kier molecular flexibility index (Phi) is 5.23. The Balaban J connectivity index is 1.79. The maximum atomic E-state index is 13.1. The minimum absolute atomic E-state index is 0.0881. The topological polar surface area (TPSA) is 75.7 Å². The van der Waals surface area contributed by atoms with Crippen LogP contribution < -0.4 is 10.2 Å². The molecule has 0 fully saturated rings. The maximum Gasteiger partial charge on any atom is 0.311 e. The number of rotatable bonds is 4. The first-order valence-corrected chi connectivity index (χ1v) is 9.20. The van der Waals surface area contributed by atoms with Crippen molar-refractivity contribution in [1.29, 1.82) is 0 Å². The molecule has 0 bridgehead atoms. The van der Waals surface area contributed by atoms with Crippen LogP contribution in [0.3, 0.4) is 0 Å². The number of aryl methyl sites for hydroxylation is 1. The smallest absolute Gasteiger partial charge is 0.311 e. The highest BCUT2D eigenvalue weighted by atomic mass is 16.5. The van der Waals surface area contributed by atoms with Gasteiger partial charge in [0.2, 0.25) is 5.91 Å². The monoisotopic (exact) mass is 380 g/mol. The predicted octanol–water partition coefficient (Wildman–Crippen LogP) is 3.23. The van der Waals surface area contributed by atoms with Gasteiger partial charge in [-0.25, -0.2) is 0 Å². The van der Waals surface area contributed by atoms with Crippen LogP contribution in [0.4, 0.5) is 11.4 Å². The van der Waals surface area contributed by atoms with Crippen molar-refractivity contribution < 1.29 is 19.1 Å². The van der Waals surface area contributed by atoms with Crippen molar-refractivity contribution in [1.82, 2.24) is 0 Å². The molecular formula is C22H24N2O4. The minimum Gasteiger partial charge on any atom is -0.452 e. The highest BCUT2D eigenvalue weighted by Gasteiger charge is 2.45. The van der Waals surface area contributed by atoms with E-state index in [1.165, 1.54) is 11.8 Å². The van der Waals surface area contributed by atoms with Gasteiger partial charge in [0, 0.05) is 0 Å². The fourth-order valence-corrected chi connectivity index (χ4v) is 3.28. The van der Waals surface area contributed by atoms with Crippen LogP contribution in [-0.2, 0) is 25.5 Å². The molecule has 0 saturated carbocycles. The molecule has 1 aliphatic heterocycles. The Bertz CT molecular complexity index is 936. The predicted molar refractivity (Wildman–Crippen MR) is 107 cm³/mol. The Morgan fingerprint density at radius 3 is 2.46 bits per heavy atom. The van der Waals surface area contributed by atoms with E-state index >= 15 is 0 Å². The Labute approximate surface area is 164 Å². The summed E-state index contributed by atoms with van der Waals surface area (Å²) in [6, 6.07) is 14.6. The van der Waals surface area contributed by atoms with Crippen LogP contribution in [0, 0.1) is 6.92 Å². The molecule has 1 atom stereocenters. The second-order valence-corrected chi connectivity index (χ2v) is 7.44. The minimum atomic E-state index is -1.11. The van der Waals surface area contributed by atoms with Gasteiger partial charge < -0.3 is 10.1 Å². The molecule has 0 unspecified atom stereocenters. The maximum absolute atomic E-state index is 13.1. The summed E-state index contributed by atoms with van der Waals surface area (Å²) >= 11 is 0. The number of ether oxygens (including phenoxy) is 1. The lowest BCUT2D eigenvalue weighted by atomic mass is 9.95. The van der Waals surface area contributed by atoms with Crippen LogP contribution in [0.15, 0.2) is 48.5 Å². The van der Waals surface area contributed by atoms with E-state index < -0.39 is 23.5 Å². The first kappa shape index (κ1) is 19.6. The van der Waals surface area contributed by atoms with E-state index in [4.69, 9.17) is 4.74 Å². The van der Waals surface area contributed by atoms with Crippen molar-refractivity contribution in [2.75, 3.05) is 10.2 Å². The van der Waals surface area contributed by atoms with Gasteiger partial charge in [-0.2, -0.15) is 0 Å². The van der Waals surface area contributed by atoms with Gasteiger partial charge in [0.15, 0.2) is 6.10 Å². The molecule has 6 nitrogen and oxygen atoms in total. The van der Waals surface area contributed by atoms with Gasteiger partial charge >= 0.3 is 5.97 Å². The summed E-state index contributed by atoms with van der Waals surface area (Å²) in [7, 11) is 0. The third-order valence-corrected chi connectivity index (χ3v) is 4.98. The highest BCUT2D eigenvalue weighted by Crippen LogP contribution is 2.37. The summed E-state index contributed by atoms with van der Waals surface area (Å²) in [4.78, 5) is 39.4. The van der Waals surface area contributed by atoms with Crippen molar-refractivity contribution in [3.63, 3.8) is 0 Å². The molecule has 1 heterocycles. The summed E-state index contributed by atoms with van der Waals surface area (Å²) in [5.74, 6) is -1.22. The third-order valence-electron chi connectivity index (χ3n) is 4.98. The van der Waals surface area contributed by atoms with E-state index in [0.29, 0.717) is 11.4 Å². The molecule has 28 heavy (non-hydrogen) atoms. The van der Waals surface area contributed by atoms with Gasteiger partial charge in [-0.15, -0.1) is 0 Å². The summed E-state index contributed by atoms with van der Waals surface area (Å²) in [6.45, 7) is 6.78. The number of nitrogens with zero attached hydrogens (tertiary/aromatic N) is 1. The second kappa shape index (κ2) is 7.46. The normalized spacial score (nSPS) is 16.0. The molecule has 2 aromatic carbocycles. The number of hydrogen-bond acceptors (Lipinski definition) is 4. The lowest BCUT2D eigenvalue weighted by Gasteiger charge is -2.42. The molecule has 0 aromatic heterocycles. The lowest BCUT2D eigenvalue weighted by Crippen LogP contribution is -2.60. The molecule has 0 saturated heterocycles. The van der Waals surface area contributed by atoms with Gasteiger partial charge in [-0.05, 0) is 51.0 Å². The summed E-state index contributed by atoms with van der Waals surface area (Å²) in [5.41, 5.74) is 1.87. The SMILES string of the molecule is Cc1ccccc1CC(=O)O[C@@H](C)C(=O)N1c2ccccc2NC(=O)C1(C)C. The van der Waals surface area contributed by atoms with Gasteiger partial charge in [0.1, 0.15) is 5.54 Å². The number of carbonyl (C=O) groups excluding carboxylic acids is 3. The number of hydrogen-bond donors (Lipinski definition) is 1. The molecule has 2 amide bonds. The van der Waals surface area contributed by atoms with Crippen molar-refractivity contribution in [3.8, 4) is 0 Å². The van der Waals surface area contributed by atoms with Crippen molar-refractivity contribution >= 4 is 29.2 Å². The number of carbonyl (C=O) groups is 3. The molecule has 2 aromatic rings. The first-order valence-electron chi connectivity index (χ1n) is 9.20. The molecule has 1 aliphatic rings. The standard InChI is InChI=1S/C22H24N2O4/c1-14-9-5-6-10-16(14)13-19(25)28-15(2)20(26)24-18-12-8-7-11-17(18)23-21(27)22(24,3)4/h5-12,15H,13H2,1-4H3,(H,23,27)/t15-/m0/s1. The van der Waals surface area contributed by atoms with Crippen molar-refractivity contribution in [3.05, 3.63) is 59.7 Å². The largest absolute Gasteiger partial charge is 0.452 e. The summed E-state index contributed by atoms with van der Waals surface area (Å²) < 4.78 is 5.41. The number of nitrogens with one attached hydrogen (secondary N) is 1. The van der Waals surface area contributed by atoms with E-state index in [9.17, 15) is 14.4 Å². The van der Waals surface area contributed by atoms with Crippen LogP contribution in [-0.4, -0.2) is 29.4 Å². The highest BCUT2D eigenvalue weighted by molar-refractivity contribution is 6.15. The summed E-state index contributed by atoms with van der Waals surface area (Å²) in [5, 5.41) is 2.81. The fraction of sp³-hybridized carbons (Fsp3) is 0.318. The van der Waals surface area contributed by atoms with E-state index in [-0.39, 0.29) is 12.3 Å². The molecule has 0 aliphatic carbocycles. The lowest BCUT2D eigenvalue weighted by molar-refractivity contribution is -0.153. The molecule has 146 valence electrons. The van der Waals surface area contributed by atoms with Gasteiger partial charge in [0.05, 0.1) is 17.8 Å². The quantitative estimate of drug-likeness (QED) is 0.827. The third kappa shape index (κ3) is 3.63. The van der Waals surface area contributed by atoms with E-state index in [0.717, 1.165) is 11.1 Å². The van der Waals surface area contributed by atoms with E-state index in [1.807, 2.05) is 31.2 Å². The molecule has 0 radical (unpaired) electrons. The molecule has 1 N–H and O–H groups in total. The van der Waals surface area contributed by atoms with Gasteiger partial charge in [0.25, 0.3) is 5.91 Å². The van der Waals surface area contributed by atoms with Gasteiger partial charge in [-0.3, -0.25) is 19.3 Å². The summed E-state index contributed by atoms with van der Waals surface area (Å²) in [6.07, 6.45) is -0.931. The van der Waals surface area contributed by atoms with E-state index in [2.05, 4.69) is 5.32 Å². The molecule has 3 rings (SSSR count). The molecular weight excluding hydrogens is 356 g/mol. The number of benzene rings is 2. The van der Waals surface area contributed by atoms with Crippen LogP contribution in [0.25, 0.3) is 0 Å². The average Bonchev–Trinajstić information content (AvgIpc) is 2.64. The zero-order valence-electron chi connectivity index (χ0n) is 16.5. The number of para-hydroxylation sites is 2. The number of esters is 1. The molecule has 0 spiro atoms. The number of amides is 2. The number of anilines is 2. The first-order chi connectivity index (χ1) is 13.2. The molecule has 6 heteroatoms. The van der Waals surface area contributed by atoms with E-state index in [1.54, 1.807) is 38.1 Å². The van der Waals surface area contributed by atoms with Crippen molar-refractivity contribution in [2.24, 2.45) is 0 Å². The zero-order chi connectivity index (χ0) is 20.5. The van der Waals surface area contributed by atoms with Crippen LogP contribution >= 0.6 is 0 Å². The number of fused-ring (bicyclic) bond motifs is 1. The average molecular weight is 380 g/mol. The Hall–Kier alpha value is -3.15. The van der Waals surface area contributed by atoms with Crippen LogP contribution in [0.5, 0.6) is 0 Å². The second-order valence-electron chi connectivity index (χ2n) is 7.44. The fourth-order valence-electron chi connectivity index (χ4n) is 3.28. The Morgan fingerprint density at radius 1 is 1.11 bits per heavy atom. The Morgan fingerprint density at radius 2 is 1.75 bits per heavy atom. The van der Waals surface area contributed by atoms with Crippen molar-refractivity contribution in [2.45, 2.75) is 45.8 Å². The zero-order valence-corrected chi connectivity index (χ0v) is 16.5. The van der Waals surface area contributed by atoms with Crippen LogP contribution in [0.1, 0.15) is 31.9 Å². The van der Waals surface area contributed by atoms with Crippen LogP contribution in [0.2, 0.25) is 0 Å².